The summed E-state index contributed by atoms with van der Waals surface area (Å²) in [6.07, 6.45) is 8.56. The van der Waals surface area contributed by atoms with Gasteiger partial charge < -0.3 is 4.90 Å². The highest BCUT2D eigenvalue weighted by Gasteiger charge is 2.10. The van der Waals surface area contributed by atoms with Gasteiger partial charge in [0.25, 0.3) is 0 Å². The lowest BCUT2D eigenvalue weighted by Crippen LogP contribution is -2.33. The van der Waals surface area contributed by atoms with Crippen LogP contribution < -0.4 is 20.8 Å². The van der Waals surface area contributed by atoms with Crippen LogP contribution in [0.2, 0.25) is 0 Å². The molecule has 0 atom stereocenters. The van der Waals surface area contributed by atoms with E-state index in [-0.39, 0.29) is 12.3 Å². The second kappa shape index (κ2) is 15.2. The van der Waals surface area contributed by atoms with Crippen LogP contribution in [0.5, 0.6) is 0 Å². The van der Waals surface area contributed by atoms with Gasteiger partial charge in [-0.1, -0.05) is 45.9 Å². The summed E-state index contributed by atoms with van der Waals surface area (Å²) in [5.74, 6) is 0.519. The molecule has 0 saturated heterocycles. The average molecular weight is 351 g/mol. The topological polar surface area (TPSA) is 67.2 Å². The van der Waals surface area contributed by atoms with Gasteiger partial charge >= 0.3 is 0 Å². The molecule has 6 heteroatoms. The molecule has 0 saturated carbocycles. The van der Waals surface area contributed by atoms with Crippen molar-refractivity contribution in [2.75, 3.05) is 18.5 Å². The number of carbonyl (C=O) groups is 2. The number of rotatable bonds is 6. The van der Waals surface area contributed by atoms with Gasteiger partial charge in [-0.2, -0.15) is 5.10 Å². The number of aromatic nitrogens is 2. The molecule has 1 heterocycles. The van der Waals surface area contributed by atoms with E-state index in [9.17, 15) is 9.59 Å². The van der Waals surface area contributed by atoms with Crippen LogP contribution in [0.25, 0.3) is 12.2 Å². The molecule has 1 N–H and O–H groups in total. The van der Waals surface area contributed by atoms with E-state index in [2.05, 4.69) is 10.4 Å². The number of aryl methyl sites for hydroxylation is 1. The van der Waals surface area contributed by atoms with Crippen LogP contribution in [0.15, 0.2) is 12.2 Å². The van der Waals surface area contributed by atoms with Crippen LogP contribution in [-0.4, -0.2) is 35.7 Å². The number of imide groups is 1. The second-order valence-corrected chi connectivity index (χ2v) is 4.58. The third-order valence-corrected chi connectivity index (χ3v) is 3.10. The van der Waals surface area contributed by atoms with E-state index in [1.165, 1.54) is 0 Å². The van der Waals surface area contributed by atoms with Gasteiger partial charge in [0.2, 0.25) is 12.3 Å². The predicted molar refractivity (Wildman–Crippen MR) is 107 cm³/mol. The third kappa shape index (κ3) is 8.33. The Morgan fingerprint density at radius 1 is 1.24 bits per heavy atom. The fourth-order valence-electron chi connectivity index (χ4n) is 2.00. The van der Waals surface area contributed by atoms with Crippen molar-refractivity contribution in [1.82, 2.24) is 15.1 Å². The zero-order chi connectivity index (χ0) is 19.8. The average Bonchev–Trinajstić information content (AvgIpc) is 2.97. The summed E-state index contributed by atoms with van der Waals surface area (Å²) in [5, 5.41) is 8.66. The van der Waals surface area contributed by atoms with Gasteiger partial charge in [0.05, 0.1) is 5.35 Å². The smallest absolute Gasteiger partial charge is 0.228 e. The predicted octanol–water partition coefficient (Wildman–Crippen LogP) is 1.73. The Morgan fingerprint density at radius 3 is 2.32 bits per heavy atom. The van der Waals surface area contributed by atoms with Crippen LogP contribution in [0.3, 0.4) is 0 Å². The van der Waals surface area contributed by atoms with Crippen LogP contribution in [0.1, 0.15) is 48.0 Å². The van der Waals surface area contributed by atoms with Gasteiger partial charge in [0.1, 0.15) is 0 Å². The molecule has 2 amide bonds. The molecule has 0 aliphatic heterocycles. The molecule has 6 nitrogen and oxygen atoms in total. The molecule has 0 aliphatic rings. The van der Waals surface area contributed by atoms with E-state index < -0.39 is 0 Å². The van der Waals surface area contributed by atoms with Crippen molar-refractivity contribution in [2.45, 2.75) is 48.0 Å². The maximum Gasteiger partial charge on any atom is 0.228 e. The van der Waals surface area contributed by atoms with Gasteiger partial charge in [-0.3, -0.25) is 19.6 Å². The first kappa shape index (κ1) is 24.9. The number of carbonyl (C=O) groups excluding carboxylic acids is 2. The molecule has 1 aromatic heterocycles. The van der Waals surface area contributed by atoms with Crippen molar-refractivity contribution in [3.63, 3.8) is 0 Å². The van der Waals surface area contributed by atoms with E-state index >= 15 is 0 Å². The first-order valence-electron chi connectivity index (χ1n) is 8.81. The van der Waals surface area contributed by atoms with Crippen LogP contribution in [0, 0.1) is 0 Å². The Balaban J connectivity index is 0. The summed E-state index contributed by atoms with van der Waals surface area (Å²) in [5.41, 5.74) is 0. The summed E-state index contributed by atoms with van der Waals surface area (Å²) in [4.78, 5) is 23.4. The highest BCUT2D eigenvalue weighted by Crippen LogP contribution is 2.00. The van der Waals surface area contributed by atoms with E-state index in [4.69, 9.17) is 0 Å². The summed E-state index contributed by atoms with van der Waals surface area (Å²) in [6.45, 7) is 12.4. The Bertz CT molecular complexity index is 645. The summed E-state index contributed by atoms with van der Waals surface area (Å²) in [7, 11) is 3.77. The van der Waals surface area contributed by atoms with E-state index in [1.807, 2.05) is 89.5 Å². The molecule has 0 spiro atoms. The second-order valence-electron chi connectivity index (χ2n) is 4.58. The SMILES string of the molecule is CC.CC.C\C=C/C=c1\c(=C/C)c(N(C)CCC(=O)NC=O)nn1C. The van der Waals surface area contributed by atoms with E-state index in [1.54, 1.807) is 0 Å². The molecule has 142 valence electrons. The zero-order valence-corrected chi connectivity index (χ0v) is 17.0. The molecule has 25 heavy (non-hydrogen) atoms. The minimum Gasteiger partial charge on any atom is -0.357 e. The fourth-order valence-corrected chi connectivity index (χ4v) is 2.00. The number of hydrogen-bond donors (Lipinski definition) is 1. The third-order valence-electron chi connectivity index (χ3n) is 3.10. The lowest BCUT2D eigenvalue weighted by Gasteiger charge is -2.15. The molecule has 0 unspecified atom stereocenters. The fraction of sp³-hybridized carbons (Fsp3) is 0.526. The maximum absolute atomic E-state index is 11.3. The quantitative estimate of drug-likeness (QED) is 0.794. The summed E-state index contributed by atoms with van der Waals surface area (Å²) in [6, 6.07) is 0. The number of hydrogen-bond acceptors (Lipinski definition) is 4. The summed E-state index contributed by atoms with van der Waals surface area (Å²) < 4.78 is 1.81. The normalized spacial score (nSPS) is 11.4. The molecular weight excluding hydrogens is 316 g/mol. The number of amides is 2. The summed E-state index contributed by atoms with van der Waals surface area (Å²) >= 11 is 0. The van der Waals surface area contributed by atoms with Gasteiger partial charge in [-0.15, -0.1) is 0 Å². The van der Waals surface area contributed by atoms with Crippen molar-refractivity contribution in [3.05, 3.63) is 22.7 Å². The number of allylic oxidation sites excluding steroid dienone is 2. The van der Waals surface area contributed by atoms with Crippen molar-refractivity contribution < 1.29 is 9.59 Å². The van der Waals surface area contributed by atoms with Crippen LogP contribution in [0.4, 0.5) is 5.82 Å². The monoisotopic (exact) mass is 350 g/mol. The van der Waals surface area contributed by atoms with E-state index in [0.29, 0.717) is 13.0 Å². The van der Waals surface area contributed by atoms with Crippen molar-refractivity contribution in [1.29, 1.82) is 0 Å². The molecule has 0 aromatic carbocycles. The molecule has 1 rings (SSSR count). The molecule has 0 fully saturated rings. The number of nitrogens with one attached hydrogen (secondary N) is 1. The van der Waals surface area contributed by atoms with Gasteiger partial charge in [0.15, 0.2) is 5.82 Å². The maximum atomic E-state index is 11.3. The Labute approximate surface area is 151 Å². The molecule has 1 aromatic rings. The van der Waals surface area contributed by atoms with Gasteiger partial charge in [-0.25, -0.2) is 0 Å². The lowest BCUT2D eigenvalue weighted by molar-refractivity contribution is -0.125. The molecule has 0 radical (unpaired) electrons. The van der Waals surface area contributed by atoms with Crippen molar-refractivity contribution in [2.24, 2.45) is 7.05 Å². The number of anilines is 1. The van der Waals surface area contributed by atoms with Crippen molar-refractivity contribution in [3.8, 4) is 0 Å². The Hall–Kier alpha value is -2.37. The highest BCUT2D eigenvalue weighted by molar-refractivity contribution is 5.86. The standard InChI is InChI=1S/C15H22N4O2.2C2H6/c1-5-7-8-13-12(6-2)15(17-19(13)4)18(3)10-9-14(21)16-11-20;2*1-2/h5-8,11H,9-10H2,1-4H3,(H,16,20,21);2*1-2H3/b7-5-,12-6+,13-8+;;. The molecular formula is C19H34N4O2. The van der Waals surface area contributed by atoms with Gasteiger partial charge in [0, 0.05) is 32.3 Å². The Kier molecular flexibility index (Phi) is 15.1. The zero-order valence-electron chi connectivity index (χ0n) is 17.0. The van der Waals surface area contributed by atoms with Crippen molar-refractivity contribution >= 4 is 30.3 Å². The molecule has 0 bridgehead atoms. The van der Waals surface area contributed by atoms with E-state index in [0.717, 1.165) is 16.4 Å². The molecule has 0 aliphatic carbocycles. The number of nitrogens with zero attached hydrogens (tertiary/aromatic N) is 3. The first-order chi connectivity index (χ1) is 12.0. The van der Waals surface area contributed by atoms with Crippen LogP contribution >= 0.6 is 0 Å². The lowest BCUT2D eigenvalue weighted by atomic mass is 10.3. The van der Waals surface area contributed by atoms with Gasteiger partial charge in [-0.05, 0) is 19.9 Å². The highest BCUT2D eigenvalue weighted by atomic mass is 16.2. The Morgan fingerprint density at radius 2 is 1.84 bits per heavy atom. The minimum absolute atomic E-state index is 0.239. The first-order valence-corrected chi connectivity index (χ1v) is 8.81. The largest absolute Gasteiger partial charge is 0.357 e. The van der Waals surface area contributed by atoms with Crippen LogP contribution in [-0.2, 0) is 16.6 Å². The minimum atomic E-state index is -0.296.